The second-order valence-corrected chi connectivity index (χ2v) is 11.3. The van der Waals surface area contributed by atoms with Gasteiger partial charge in [-0.15, -0.1) is 0 Å². The third-order valence-electron chi connectivity index (χ3n) is 6.58. The van der Waals surface area contributed by atoms with Crippen molar-refractivity contribution in [3.8, 4) is 11.5 Å². The number of rotatable bonds is 7. The maximum Gasteiger partial charge on any atom is 0.267 e. The molecule has 2 aromatic carbocycles. The standard InChI is InChI=1S/C28H25ClN4O5S/c1-17-5-4-13-33-26(17)31-27-21(28(33)34)16-24(39(35,36)20-9-7-19(29)8-10-20)25(30)32(27)14-12-18-6-11-22(37-2)23(15-18)38-3/h4-11,13,15-16,30H,12,14H2,1-3H3. The number of nitrogens with one attached hydrogen (secondary N) is 1. The lowest BCUT2D eigenvalue weighted by Crippen LogP contribution is -2.30. The highest BCUT2D eigenvalue weighted by molar-refractivity contribution is 7.91. The Balaban J connectivity index is 1.75. The Hall–Kier alpha value is -4.15. The number of benzene rings is 2. The smallest absolute Gasteiger partial charge is 0.267 e. The average molecular weight is 565 g/mol. The highest BCUT2D eigenvalue weighted by atomic mass is 35.5. The SMILES string of the molecule is COc1ccc(CCn2c(=N)c(S(=O)(=O)c3ccc(Cl)cc3)cc3c(=O)n4cccc(C)c4nc32)cc1OC. The van der Waals surface area contributed by atoms with Crippen LogP contribution in [-0.4, -0.2) is 36.6 Å². The summed E-state index contributed by atoms with van der Waals surface area (Å²) in [7, 11) is -1.07. The van der Waals surface area contributed by atoms with E-state index in [4.69, 9.17) is 31.5 Å². The van der Waals surface area contributed by atoms with Crippen molar-refractivity contribution in [3.63, 3.8) is 0 Å². The third kappa shape index (κ3) is 4.66. The Labute approximate surface area is 229 Å². The number of aromatic nitrogens is 3. The minimum Gasteiger partial charge on any atom is -0.493 e. The number of hydrogen-bond donors (Lipinski definition) is 1. The molecule has 0 saturated carbocycles. The van der Waals surface area contributed by atoms with E-state index in [1.807, 2.05) is 25.1 Å². The molecule has 11 heteroatoms. The van der Waals surface area contributed by atoms with Gasteiger partial charge in [0.2, 0.25) is 9.84 Å². The molecule has 0 saturated heterocycles. The number of ether oxygens (including phenoxy) is 2. The molecule has 0 radical (unpaired) electrons. The van der Waals surface area contributed by atoms with Crippen LogP contribution < -0.4 is 20.5 Å². The summed E-state index contributed by atoms with van der Waals surface area (Å²) in [4.78, 5) is 18.0. The third-order valence-corrected chi connectivity index (χ3v) is 8.62. The monoisotopic (exact) mass is 564 g/mol. The lowest BCUT2D eigenvalue weighted by atomic mass is 10.1. The van der Waals surface area contributed by atoms with Gasteiger partial charge >= 0.3 is 0 Å². The van der Waals surface area contributed by atoms with Gasteiger partial charge in [0.1, 0.15) is 21.7 Å². The van der Waals surface area contributed by atoms with Crippen molar-refractivity contribution in [2.75, 3.05) is 14.2 Å². The maximum absolute atomic E-state index is 13.7. The minimum absolute atomic E-state index is 0.0316. The molecule has 3 aromatic heterocycles. The molecule has 5 rings (SSSR count). The molecule has 5 aromatic rings. The van der Waals surface area contributed by atoms with Crippen LogP contribution in [-0.2, 0) is 22.8 Å². The van der Waals surface area contributed by atoms with Crippen LogP contribution in [0.3, 0.4) is 0 Å². The van der Waals surface area contributed by atoms with E-state index in [0.717, 1.165) is 11.1 Å². The molecule has 0 bridgehead atoms. The van der Waals surface area contributed by atoms with Crippen LogP contribution >= 0.6 is 11.6 Å². The first-order valence-electron chi connectivity index (χ1n) is 12.0. The van der Waals surface area contributed by atoms with E-state index in [9.17, 15) is 13.2 Å². The zero-order valence-electron chi connectivity index (χ0n) is 21.4. The molecule has 0 aliphatic carbocycles. The fourth-order valence-electron chi connectivity index (χ4n) is 4.51. The normalized spacial score (nSPS) is 11.7. The largest absolute Gasteiger partial charge is 0.493 e. The molecule has 0 spiro atoms. The summed E-state index contributed by atoms with van der Waals surface area (Å²) in [6.45, 7) is 2.02. The molecule has 0 atom stereocenters. The van der Waals surface area contributed by atoms with Crippen molar-refractivity contribution in [1.29, 1.82) is 5.41 Å². The van der Waals surface area contributed by atoms with Crippen LogP contribution in [0.2, 0.25) is 5.02 Å². The number of sulfone groups is 1. The minimum atomic E-state index is -4.16. The predicted molar refractivity (Wildman–Crippen MR) is 148 cm³/mol. The first-order chi connectivity index (χ1) is 18.6. The van der Waals surface area contributed by atoms with Gasteiger partial charge in [0.05, 0.1) is 24.5 Å². The Morgan fingerprint density at radius 3 is 2.38 bits per heavy atom. The molecule has 0 unspecified atom stereocenters. The highest BCUT2D eigenvalue weighted by Gasteiger charge is 2.24. The van der Waals surface area contributed by atoms with E-state index in [1.165, 1.54) is 39.3 Å². The summed E-state index contributed by atoms with van der Waals surface area (Å²) in [5.41, 5.74) is 1.60. The van der Waals surface area contributed by atoms with Gasteiger partial charge in [0, 0.05) is 17.8 Å². The molecule has 9 nitrogen and oxygen atoms in total. The number of fused-ring (bicyclic) bond motifs is 2. The Morgan fingerprint density at radius 1 is 0.974 bits per heavy atom. The van der Waals surface area contributed by atoms with Gasteiger partial charge < -0.3 is 14.0 Å². The first-order valence-corrected chi connectivity index (χ1v) is 13.8. The van der Waals surface area contributed by atoms with Crippen LogP contribution in [0.1, 0.15) is 11.1 Å². The van der Waals surface area contributed by atoms with Crippen molar-refractivity contribution in [2.24, 2.45) is 0 Å². The number of nitrogens with zero attached hydrogens (tertiary/aromatic N) is 3. The van der Waals surface area contributed by atoms with Crippen molar-refractivity contribution < 1.29 is 17.9 Å². The molecule has 200 valence electrons. The zero-order chi connectivity index (χ0) is 27.9. The maximum atomic E-state index is 13.7. The second-order valence-electron chi connectivity index (χ2n) is 8.94. The summed E-state index contributed by atoms with van der Waals surface area (Å²) >= 11 is 5.97. The highest BCUT2D eigenvalue weighted by Crippen LogP contribution is 2.28. The van der Waals surface area contributed by atoms with Gasteiger partial charge in [-0.3, -0.25) is 14.6 Å². The Morgan fingerprint density at radius 2 is 1.69 bits per heavy atom. The summed E-state index contributed by atoms with van der Waals surface area (Å²) < 4.78 is 41.0. The van der Waals surface area contributed by atoms with E-state index >= 15 is 0 Å². The van der Waals surface area contributed by atoms with Gasteiger partial charge in [0.15, 0.2) is 11.5 Å². The molecular weight excluding hydrogens is 540 g/mol. The van der Waals surface area contributed by atoms with Crippen molar-refractivity contribution >= 4 is 38.1 Å². The van der Waals surface area contributed by atoms with Gasteiger partial charge in [-0.25, -0.2) is 13.4 Å². The average Bonchev–Trinajstić information content (AvgIpc) is 2.93. The number of methoxy groups -OCH3 is 2. The van der Waals surface area contributed by atoms with E-state index in [2.05, 4.69) is 0 Å². The van der Waals surface area contributed by atoms with E-state index in [0.29, 0.717) is 28.6 Å². The van der Waals surface area contributed by atoms with Crippen LogP contribution in [0.4, 0.5) is 0 Å². The van der Waals surface area contributed by atoms with E-state index in [-0.39, 0.29) is 32.9 Å². The predicted octanol–water partition coefficient (Wildman–Crippen LogP) is 4.18. The summed E-state index contributed by atoms with van der Waals surface area (Å²) in [6.07, 6.45) is 2.00. The lowest BCUT2D eigenvalue weighted by molar-refractivity contribution is 0.354. The number of halogens is 1. The molecule has 1 N–H and O–H groups in total. The van der Waals surface area contributed by atoms with Crippen LogP contribution in [0, 0.1) is 12.3 Å². The number of pyridine rings is 2. The number of hydrogen-bond acceptors (Lipinski definition) is 7. The first kappa shape index (κ1) is 26.5. The second kappa shape index (κ2) is 10.2. The summed E-state index contributed by atoms with van der Waals surface area (Å²) in [5.74, 6) is 1.13. The van der Waals surface area contributed by atoms with Crippen LogP contribution in [0.15, 0.2) is 81.4 Å². The topological polar surface area (TPSA) is 116 Å². The van der Waals surface area contributed by atoms with Gasteiger partial charge in [0.25, 0.3) is 5.56 Å². The van der Waals surface area contributed by atoms with E-state index in [1.54, 1.807) is 32.5 Å². The molecule has 0 fully saturated rings. The number of aryl methyl sites for hydroxylation is 3. The van der Waals surface area contributed by atoms with Crippen LogP contribution in [0.25, 0.3) is 16.7 Å². The Kier molecular flexibility index (Phi) is 6.92. The van der Waals surface area contributed by atoms with Crippen molar-refractivity contribution in [1.82, 2.24) is 14.0 Å². The van der Waals surface area contributed by atoms with Crippen molar-refractivity contribution in [2.45, 2.75) is 29.7 Å². The fraction of sp³-hybridized carbons (Fsp3) is 0.179. The molecule has 0 aliphatic rings. The molecule has 0 aliphatic heterocycles. The molecular formula is C28H25ClN4O5S. The quantitative estimate of drug-likeness (QED) is 0.296. The summed E-state index contributed by atoms with van der Waals surface area (Å²) in [5, 5.41) is 9.45. The molecule has 3 heterocycles. The Bertz CT molecular complexity index is 1970. The van der Waals surface area contributed by atoms with Gasteiger partial charge in [-0.1, -0.05) is 23.7 Å². The molecule has 0 amide bonds. The lowest BCUT2D eigenvalue weighted by Gasteiger charge is -2.16. The summed E-state index contributed by atoms with van der Waals surface area (Å²) in [6, 6.07) is 16.0. The van der Waals surface area contributed by atoms with Gasteiger partial charge in [-0.05, 0) is 73.0 Å². The van der Waals surface area contributed by atoms with Crippen molar-refractivity contribution in [3.05, 3.63) is 98.9 Å². The van der Waals surface area contributed by atoms with Crippen LogP contribution in [0.5, 0.6) is 11.5 Å². The van der Waals surface area contributed by atoms with E-state index < -0.39 is 15.4 Å². The molecule has 39 heavy (non-hydrogen) atoms. The van der Waals surface area contributed by atoms with Gasteiger partial charge in [-0.2, -0.15) is 0 Å². The zero-order valence-corrected chi connectivity index (χ0v) is 23.0. The fourth-order valence-corrected chi connectivity index (χ4v) is 6.02.